The van der Waals surface area contributed by atoms with Gasteiger partial charge in [0.05, 0.1) is 12.7 Å². The second-order valence-corrected chi connectivity index (χ2v) is 4.98. The van der Waals surface area contributed by atoms with Gasteiger partial charge >= 0.3 is 0 Å². The smallest absolute Gasteiger partial charge is 0.251 e. The van der Waals surface area contributed by atoms with Gasteiger partial charge in [-0.25, -0.2) is 4.98 Å². The maximum absolute atomic E-state index is 11.9. The van der Waals surface area contributed by atoms with Gasteiger partial charge in [0.1, 0.15) is 5.15 Å². The van der Waals surface area contributed by atoms with Crippen molar-refractivity contribution < 1.29 is 9.53 Å². The van der Waals surface area contributed by atoms with E-state index in [1.54, 1.807) is 12.1 Å². The zero-order chi connectivity index (χ0) is 14.3. The number of hydrogen-bond acceptors (Lipinski definition) is 3. The van der Waals surface area contributed by atoms with Gasteiger partial charge < -0.3 is 10.1 Å². The van der Waals surface area contributed by atoms with Crippen LogP contribution >= 0.6 is 11.6 Å². The molecule has 4 nitrogen and oxygen atoms in total. The third-order valence-electron chi connectivity index (χ3n) is 2.45. The Morgan fingerprint density at radius 1 is 1.47 bits per heavy atom. The number of aryl methyl sites for hydroxylation is 1. The minimum absolute atomic E-state index is 0.144. The molecule has 0 aliphatic heterocycles. The predicted octanol–water partition coefficient (Wildman–Crippen LogP) is 2.84. The molecule has 1 rings (SSSR count). The van der Waals surface area contributed by atoms with E-state index in [0.717, 1.165) is 18.5 Å². The van der Waals surface area contributed by atoms with Gasteiger partial charge in [0.2, 0.25) is 0 Å². The molecule has 1 aromatic rings. The second-order valence-electron chi connectivity index (χ2n) is 4.60. The second kappa shape index (κ2) is 8.12. The van der Waals surface area contributed by atoms with Gasteiger partial charge in [-0.3, -0.25) is 4.79 Å². The maximum atomic E-state index is 11.9. The summed E-state index contributed by atoms with van der Waals surface area (Å²) >= 11 is 5.92. The van der Waals surface area contributed by atoms with Crippen molar-refractivity contribution in [2.45, 2.75) is 39.7 Å². The van der Waals surface area contributed by atoms with Crippen LogP contribution in [0.2, 0.25) is 5.15 Å². The summed E-state index contributed by atoms with van der Waals surface area (Å²) in [6.07, 6.45) is 1.96. The van der Waals surface area contributed by atoms with Gasteiger partial charge in [-0.1, -0.05) is 24.9 Å². The van der Waals surface area contributed by atoms with Crippen LogP contribution in [-0.2, 0) is 11.2 Å². The van der Waals surface area contributed by atoms with E-state index in [1.807, 2.05) is 13.8 Å². The molecule has 0 aliphatic rings. The molecule has 1 amide bonds. The van der Waals surface area contributed by atoms with E-state index < -0.39 is 0 Å². The average molecular weight is 285 g/mol. The Morgan fingerprint density at radius 2 is 2.21 bits per heavy atom. The van der Waals surface area contributed by atoms with Gasteiger partial charge in [-0.2, -0.15) is 0 Å². The molecule has 19 heavy (non-hydrogen) atoms. The number of carbonyl (C=O) groups is 1. The van der Waals surface area contributed by atoms with Crippen molar-refractivity contribution in [1.29, 1.82) is 0 Å². The molecule has 1 aromatic heterocycles. The first-order valence-electron chi connectivity index (χ1n) is 6.59. The monoisotopic (exact) mass is 284 g/mol. The molecule has 0 aliphatic carbocycles. The average Bonchev–Trinajstić information content (AvgIpc) is 2.34. The Morgan fingerprint density at radius 3 is 2.84 bits per heavy atom. The third kappa shape index (κ3) is 6.03. The van der Waals surface area contributed by atoms with E-state index in [2.05, 4.69) is 17.2 Å². The first-order valence-corrected chi connectivity index (χ1v) is 6.97. The van der Waals surface area contributed by atoms with Crippen LogP contribution in [0.1, 0.15) is 43.2 Å². The number of ether oxygens (including phenoxy) is 1. The topological polar surface area (TPSA) is 51.2 Å². The van der Waals surface area contributed by atoms with Crippen LogP contribution in [0.5, 0.6) is 0 Å². The van der Waals surface area contributed by atoms with Crippen LogP contribution in [-0.4, -0.2) is 30.1 Å². The van der Waals surface area contributed by atoms with Gasteiger partial charge in [0.15, 0.2) is 0 Å². The molecular weight excluding hydrogens is 264 g/mol. The first-order chi connectivity index (χ1) is 9.02. The van der Waals surface area contributed by atoms with Crippen molar-refractivity contribution in [3.05, 3.63) is 28.5 Å². The molecule has 5 heteroatoms. The number of halogens is 1. The summed E-state index contributed by atoms with van der Waals surface area (Å²) < 4.78 is 5.36. The fourth-order valence-corrected chi connectivity index (χ4v) is 1.85. The van der Waals surface area contributed by atoms with E-state index >= 15 is 0 Å². The number of pyridine rings is 1. The van der Waals surface area contributed by atoms with Crippen molar-refractivity contribution in [3.8, 4) is 0 Å². The normalized spacial score (nSPS) is 10.8. The van der Waals surface area contributed by atoms with Crippen molar-refractivity contribution >= 4 is 17.5 Å². The number of carbonyl (C=O) groups excluding carboxylic acids is 1. The van der Waals surface area contributed by atoms with Crippen molar-refractivity contribution in [3.63, 3.8) is 0 Å². The number of aromatic nitrogens is 1. The van der Waals surface area contributed by atoms with Crippen LogP contribution in [0.3, 0.4) is 0 Å². The Hall–Kier alpha value is -1.13. The van der Waals surface area contributed by atoms with Crippen LogP contribution in [0.4, 0.5) is 0 Å². The van der Waals surface area contributed by atoms with Crippen LogP contribution in [0, 0.1) is 0 Å². The minimum Gasteiger partial charge on any atom is -0.377 e. The molecule has 0 bridgehead atoms. The van der Waals surface area contributed by atoms with Crippen molar-refractivity contribution in [2.75, 3.05) is 13.2 Å². The molecule has 1 N–H and O–H groups in total. The summed E-state index contributed by atoms with van der Waals surface area (Å²) in [5.41, 5.74) is 1.39. The molecule has 0 fully saturated rings. The summed E-state index contributed by atoms with van der Waals surface area (Å²) in [4.78, 5) is 16.1. The molecule has 0 saturated carbocycles. The number of nitrogens with zero attached hydrogens (tertiary/aromatic N) is 1. The molecule has 0 spiro atoms. The van der Waals surface area contributed by atoms with E-state index in [1.165, 1.54) is 0 Å². The molecule has 0 atom stereocenters. The maximum Gasteiger partial charge on any atom is 0.251 e. The number of hydrogen-bond donors (Lipinski definition) is 1. The number of nitrogens with one attached hydrogen (secondary N) is 1. The highest BCUT2D eigenvalue weighted by atomic mass is 35.5. The van der Waals surface area contributed by atoms with Crippen LogP contribution in [0.25, 0.3) is 0 Å². The lowest BCUT2D eigenvalue weighted by atomic mass is 10.1. The quantitative estimate of drug-likeness (QED) is 0.619. The standard InChI is InChI=1S/C14H21ClN2O2/c1-4-5-12-8-11(9-13(15)17-12)14(18)16-6-7-19-10(2)3/h8-10H,4-7H2,1-3H3,(H,16,18). The molecule has 0 radical (unpaired) electrons. The molecule has 1 heterocycles. The fourth-order valence-electron chi connectivity index (χ4n) is 1.63. The molecular formula is C14H21ClN2O2. The fraction of sp³-hybridized carbons (Fsp3) is 0.571. The van der Waals surface area contributed by atoms with E-state index in [-0.39, 0.29) is 12.0 Å². The predicted molar refractivity (Wildman–Crippen MR) is 76.7 cm³/mol. The van der Waals surface area contributed by atoms with Gasteiger partial charge in [-0.15, -0.1) is 0 Å². The Bertz CT molecular complexity index is 422. The molecule has 0 aromatic carbocycles. The summed E-state index contributed by atoms with van der Waals surface area (Å²) in [6.45, 7) is 6.97. The molecule has 0 saturated heterocycles. The first kappa shape index (κ1) is 15.9. The van der Waals surface area contributed by atoms with Gasteiger partial charge in [0, 0.05) is 17.8 Å². The highest BCUT2D eigenvalue weighted by Gasteiger charge is 2.08. The minimum atomic E-state index is -0.144. The highest BCUT2D eigenvalue weighted by Crippen LogP contribution is 2.12. The summed E-state index contributed by atoms with van der Waals surface area (Å²) in [5.74, 6) is -0.144. The number of rotatable bonds is 7. The molecule has 0 unspecified atom stereocenters. The Kier molecular flexibility index (Phi) is 6.81. The highest BCUT2D eigenvalue weighted by molar-refractivity contribution is 6.29. The lowest BCUT2D eigenvalue weighted by Gasteiger charge is -2.09. The summed E-state index contributed by atoms with van der Waals surface area (Å²) in [7, 11) is 0. The lowest BCUT2D eigenvalue weighted by molar-refractivity contribution is 0.0746. The van der Waals surface area contributed by atoms with Crippen molar-refractivity contribution in [1.82, 2.24) is 10.3 Å². The zero-order valence-electron chi connectivity index (χ0n) is 11.7. The SMILES string of the molecule is CCCc1cc(C(=O)NCCOC(C)C)cc(Cl)n1. The van der Waals surface area contributed by atoms with Crippen LogP contribution < -0.4 is 5.32 Å². The lowest BCUT2D eigenvalue weighted by Crippen LogP contribution is -2.28. The van der Waals surface area contributed by atoms with E-state index in [0.29, 0.717) is 23.9 Å². The van der Waals surface area contributed by atoms with E-state index in [9.17, 15) is 4.79 Å². The van der Waals surface area contributed by atoms with Gasteiger partial charge in [-0.05, 0) is 32.4 Å². The largest absolute Gasteiger partial charge is 0.377 e. The number of amides is 1. The molecule has 106 valence electrons. The van der Waals surface area contributed by atoms with Crippen LogP contribution in [0.15, 0.2) is 12.1 Å². The van der Waals surface area contributed by atoms with Gasteiger partial charge in [0.25, 0.3) is 5.91 Å². The summed E-state index contributed by atoms with van der Waals surface area (Å²) in [6, 6.07) is 3.37. The Labute approximate surface area is 119 Å². The van der Waals surface area contributed by atoms with E-state index in [4.69, 9.17) is 16.3 Å². The Balaban J connectivity index is 2.56. The zero-order valence-corrected chi connectivity index (χ0v) is 12.5. The third-order valence-corrected chi connectivity index (χ3v) is 2.65. The summed E-state index contributed by atoms with van der Waals surface area (Å²) in [5, 5.41) is 3.16. The van der Waals surface area contributed by atoms with Crippen molar-refractivity contribution in [2.24, 2.45) is 0 Å².